The van der Waals surface area contributed by atoms with E-state index in [4.69, 9.17) is 4.74 Å². The highest BCUT2D eigenvalue weighted by Crippen LogP contribution is 2.26. The summed E-state index contributed by atoms with van der Waals surface area (Å²) >= 11 is 0. The zero-order chi connectivity index (χ0) is 15.2. The van der Waals surface area contributed by atoms with Gasteiger partial charge in [-0.1, -0.05) is 0 Å². The Hall–Kier alpha value is -2.08. The van der Waals surface area contributed by atoms with Gasteiger partial charge in [0.15, 0.2) is 0 Å². The zero-order valence-corrected chi connectivity index (χ0v) is 12.4. The summed E-state index contributed by atoms with van der Waals surface area (Å²) in [6.07, 6.45) is 0.261. The van der Waals surface area contributed by atoms with E-state index in [1.54, 1.807) is 12.0 Å². The number of hydrogen-bond donors (Lipinski definition) is 2. The SMILES string of the molecule is CNCCNC(=O)C1CC(=O)N(c2ccc(OC)cc2)C1. The van der Waals surface area contributed by atoms with Gasteiger partial charge in [0.05, 0.1) is 13.0 Å². The van der Waals surface area contributed by atoms with E-state index in [0.29, 0.717) is 19.6 Å². The fraction of sp³-hybridized carbons (Fsp3) is 0.467. The molecule has 1 heterocycles. The topological polar surface area (TPSA) is 70.7 Å². The highest BCUT2D eigenvalue weighted by Gasteiger charge is 2.34. The second-order valence-corrected chi connectivity index (χ2v) is 5.00. The van der Waals surface area contributed by atoms with E-state index in [-0.39, 0.29) is 24.2 Å². The van der Waals surface area contributed by atoms with Crippen LogP contribution in [-0.4, -0.2) is 45.6 Å². The van der Waals surface area contributed by atoms with Crippen LogP contribution in [0.3, 0.4) is 0 Å². The summed E-state index contributed by atoms with van der Waals surface area (Å²) in [4.78, 5) is 25.7. The molecule has 0 spiro atoms. The number of benzene rings is 1. The Labute approximate surface area is 124 Å². The van der Waals surface area contributed by atoms with Gasteiger partial charge in [-0.05, 0) is 31.3 Å². The van der Waals surface area contributed by atoms with E-state index in [2.05, 4.69) is 10.6 Å². The van der Waals surface area contributed by atoms with Crippen LogP contribution < -0.4 is 20.3 Å². The predicted octanol–water partition coefficient (Wildman–Crippen LogP) is 0.384. The summed E-state index contributed by atoms with van der Waals surface area (Å²) in [6.45, 7) is 1.72. The molecule has 1 unspecified atom stereocenters. The van der Waals surface area contributed by atoms with Crippen molar-refractivity contribution in [3.05, 3.63) is 24.3 Å². The number of carbonyl (C=O) groups is 2. The molecule has 6 nitrogen and oxygen atoms in total. The van der Waals surface area contributed by atoms with Crippen molar-refractivity contribution in [2.24, 2.45) is 5.92 Å². The number of anilines is 1. The third kappa shape index (κ3) is 3.72. The van der Waals surface area contributed by atoms with Crippen molar-refractivity contribution in [1.82, 2.24) is 10.6 Å². The lowest BCUT2D eigenvalue weighted by molar-refractivity contribution is -0.126. The fourth-order valence-corrected chi connectivity index (χ4v) is 2.35. The van der Waals surface area contributed by atoms with E-state index in [9.17, 15) is 9.59 Å². The van der Waals surface area contributed by atoms with Crippen LogP contribution in [-0.2, 0) is 9.59 Å². The van der Waals surface area contributed by atoms with Crippen molar-refractivity contribution >= 4 is 17.5 Å². The van der Waals surface area contributed by atoms with Crippen LogP contribution in [0.15, 0.2) is 24.3 Å². The fourth-order valence-electron chi connectivity index (χ4n) is 2.35. The summed E-state index contributed by atoms with van der Waals surface area (Å²) in [5, 5.41) is 5.80. The molecule has 2 amide bonds. The van der Waals surface area contributed by atoms with E-state index in [1.165, 1.54) is 0 Å². The van der Waals surface area contributed by atoms with Gasteiger partial charge < -0.3 is 20.3 Å². The molecule has 1 aliphatic rings. The molecule has 1 fully saturated rings. The Morgan fingerprint density at radius 1 is 1.33 bits per heavy atom. The molecule has 0 radical (unpaired) electrons. The van der Waals surface area contributed by atoms with Gasteiger partial charge in [0, 0.05) is 31.7 Å². The average Bonchev–Trinajstić information content (AvgIpc) is 2.89. The molecule has 1 saturated heterocycles. The largest absolute Gasteiger partial charge is 0.497 e. The second kappa shape index (κ2) is 7.08. The molecule has 21 heavy (non-hydrogen) atoms. The number of amides is 2. The molecule has 0 aromatic heterocycles. The van der Waals surface area contributed by atoms with Crippen LogP contribution in [0.4, 0.5) is 5.69 Å². The highest BCUT2D eigenvalue weighted by molar-refractivity contribution is 6.00. The second-order valence-electron chi connectivity index (χ2n) is 5.00. The molecule has 1 atom stereocenters. The molecular weight excluding hydrogens is 270 g/mol. The van der Waals surface area contributed by atoms with Crippen LogP contribution >= 0.6 is 0 Å². The highest BCUT2D eigenvalue weighted by atomic mass is 16.5. The van der Waals surface area contributed by atoms with Gasteiger partial charge in [0.1, 0.15) is 5.75 Å². The lowest BCUT2D eigenvalue weighted by Gasteiger charge is -2.17. The summed E-state index contributed by atoms with van der Waals surface area (Å²) in [7, 11) is 3.43. The summed E-state index contributed by atoms with van der Waals surface area (Å²) < 4.78 is 5.10. The predicted molar refractivity (Wildman–Crippen MR) is 80.4 cm³/mol. The number of hydrogen-bond acceptors (Lipinski definition) is 4. The number of nitrogens with zero attached hydrogens (tertiary/aromatic N) is 1. The first-order chi connectivity index (χ1) is 10.2. The Bertz CT molecular complexity index is 501. The number of carbonyl (C=O) groups excluding carboxylic acids is 2. The Morgan fingerprint density at radius 3 is 2.67 bits per heavy atom. The molecule has 114 valence electrons. The Balaban J connectivity index is 1.96. The van der Waals surface area contributed by atoms with Crippen molar-refractivity contribution in [2.45, 2.75) is 6.42 Å². The first kappa shape index (κ1) is 15.3. The van der Waals surface area contributed by atoms with E-state index in [0.717, 1.165) is 11.4 Å². The van der Waals surface area contributed by atoms with Crippen molar-refractivity contribution in [3.63, 3.8) is 0 Å². The summed E-state index contributed by atoms with van der Waals surface area (Å²) in [5.41, 5.74) is 0.798. The Kier molecular flexibility index (Phi) is 5.16. The molecule has 2 N–H and O–H groups in total. The van der Waals surface area contributed by atoms with E-state index < -0.39 is 0 Å². The monoisotopic (exact) mass is 291 g/mol. The van der Waals surface area contributed by atoms with Gasteiger partial charge in [0.2, 0.25) is 11.8 Å². The van der Waals surface area contributed by atoms with Gasteiger partial charge in [-0.15, -0.1) is 0 Å². The van der Waals surface area contributed by atoms with E-state index >= 15 is 0 Å². The van der Waals surface area contributed by atoms with Crippen molar-refractivity contribution < 1.29 is 14.3 Å². The number of ether oxygens (including phenoxy) is 1. The third-order valence-electron chi connectivity index (χ3n) is 3.55. The van der Waals surface area contributed by atoms with Crippen LogP contribution in [0.5, 0.6) is 5.75 Å². The average molecular weight is 291 g/mol. The molecule has 0 bridgehead atoms. The molecule has 0 aliphatic carbocycles. The smallest absolute Gasteiger partial charge is 0.227 e. The van der Waals surface area contributed by atoms with Crippen molar-refractivity contribution in [3.8, 4) is 5.75 Å². The standard InChI is InChI=1S/C15H21N3O3/c1-16-7-8-17-15(20)11-9-14(19)18(10-11)12-3-5-13(21-2)6-4-12/h3-6,11,16H,7-10H2,1-2H3,(H,17,20). The summed E-state index contributed by atoms with van der Waals surface area (Å²) in [5.74, 6) is 0.381. The van der Waals surface area contributed by atoms with Gasteiger partial charge >= 0.3 is 0 Å². The maximum atomic E-state index is 12.1. The van der Waals surface area contributed by atoms with Crippen LogP contribution in [0.2, 0.25) is 0 Å². The lowest BCUT2D eigenvalue weighted by atomic mass is 10.1. The summed E-state index contributed by atoms with van der Waals surface area (Å²) in [6, 6.07) is 7.28. The molecule has 6 heteroatoms. The van der Waals surface area contributed by atoms with Crippen LogP contribution in [0.1, 0.15) is 6.42 Å². The first-order valence-corrected chi connectivity index (χ1v) is 7.02. The van der Waals surface area contributed by atoms with Gasteiger partial charge in [-0.25, -0.2) is 0 Å². The number of rotatable bonds is 6. The molecule has 1 aromatic rings. The van der Waals surface area contributed by atoms with Gasteiger partial charge in [-0.3, -0.25) is 9.59 Å². The number of nitrogens with one attached hydrogen (secondary N) is 2. The van der Waals surface area contributed by atoms with Crippen molar-refractivity contribution in [1.29, 1.82) is 0 Å². The lowest BCUT2D eigenvalue weighted by Crippen LogP contribution is -2.36. The Morgan fingerprint density at radius 2 is 2.05 bits per heavy atom. The molecule has 1 aliphatic heterocycles. The van der Waals surface area contributed by atoms with E-state index in [1.807, 2.05) is 31.3 Å². The maximum absolute atomic E-state index is 12.1. The minimum absolute atomic E-state index is 0.0195. The van der Waals surface area contributed by atoms with Crippen LogP contribution in [0, 0.1) is 5.92 Å². The molecule has 2 rings (SSSR count). The van der Waals surface area contributed by atoms with Crippen LogP contribution in [0.25, 0.3) is 0 Å². The number of likely N-dealkylation sites (N-methyl/N-ethyl adjacent to an activating group) is 1. The molecule has 1 aromatic carbocycles. The van der Waals surface area contributed by atoms with Gasteiger partial charge in [0.25, 0.3) is 0 Å². The quantitative estimate of drug-likeness (QED) is 0.744. The zero-order valence-electron chi connectivity index (χ0n) is 12.4. The maximum Gasteiger partial charge on any atom is 0.227 e. The minimum atomic E-state index is -0.281. The molecular formula is C15H21N3O3. The number of methoxy groups -OCH3 is 1. The first-order valence-electron chi connectivity index (χ1n) is 7.02. The minimum Gasteiger partial charge on any atom is -0.497 e. The normalized spacial score (nSPS) is 17.9. The van der Waals surface area contributed by atoms with Gasteiger partial charge in [-0.2, -0.15) is 0 Å². The third-order valence-corrected chi connectivity index (χ3v) is 3.55. The molecule has 0 saturated carbocycles. The van der Waals surface area contributed by atoms with Crippen molar-refractivity contribution in [2.75, 3.05) is 38.7 Å².